The molecule has 2 heterocycles. The van der Waals surface area contributed by atoms with Crippen molar-refractivity contribution in [2.45, 2.75) is 51.0 Å². The van der Waals surface area contributed by atoms with E-state index < -0.39 is 11.5 Å². The van der Waals surface area contributed by atoms with Crippen molar-refractivity contribution in [3.63, 3.8) is 0 Å². The molecule has 2 amide bonds. The number of rotatable bonds is 4. The molecule has 0 aliphatic carbocycles. The zero-order valence-corrected chi connectivity index (χ0v) is 12.8. The monoisotopic (exact) mass is 298 g/mol. The number of carbonyl (C=O) groups is 2. The van der Waals surface area contributed by atoms with E-state index in [0.717, 1.165) is 25.7 Å². The van der Waals surface area contributed by atoms with Crippen LogP contribution in [0.15, 0.2) is 0 Å². The third kappa shape index (κ3) is 3.00. The number of urea groups is 1. The molecule has 1 atom stereocenters. The Bertz CT molecular complexity index is 393. The van der Waals surface area contributed by atoms with E-state index in [4.69, 9.17) is 5.11 Å². The van der Waals surface area contributed by atoms with E-state index in [2.05, 4.69) is 0 Å². The third-order valence-corrected chi connectivity index (χ3v) is 4.92. The van der Waals surface area contributed by atoms with Crippen LogP contribution >= 0.6 is 0 Å². The minimum atomic E-state index is -1.01. The Morgan fingerprint density at radius 2 is 1.90 bits per heavy atom. The smallest absolute Gasteiger partial charge is 0.329 e. The van der Waals surface area contributed by atoms with Crippen LogP contribution < -0.4 is 0 Å². The Morgan fingerprint density at radius 3 is 2.43 bits per heavy atom. The van der Waals surface area contributed by atoms with Gasteiger partial charge in [-0.2, -0.15) is 0 Å². The van der Waals surface area contributed by atoms with Gasteiger partial charge in [0.1, 0.15) is 5.54 Å². The Hall–Kier alpha value is -1.30. The molecule has 21 heavy (non-hydrogen) atoms. The van der Waals surface area contributed by atoms with Crippen molar-refractivity contribution in [2.75, 3.05) is 26.2 Å². The number of aliphatic hydroxyl groups excluding tert-OH is 1. The van der Waals surface area contributed by atoms with Crippen molar-refractivity contribution in [3.05, 3.63) is 0 Å². The molecular formula is C15H26N2O4. The highest BCUT2D eigenvalue weighted by atomic mass is 16.4. The number of nitrogens with zero attached hydrogens (tertiary/aromatic N) is 2. The third-order valence-electron chi connectivity index (χ3n) is 4.92. The maximum absolute atomic E-state index is 12.7. The van der Waals surface area contributed by atoms with E-state index in [1.165, 1.54) is 0 Å². The topological polar surface area (TPSA) is 81.1 Å². The van der Waals surface area contributed by atoms with Gasteiger partial charge in [-0.25, -0.2) is 9.59 Å². The van der Waals surface area contributed by atoms with E-state index >= 15 is 0 Å². The zero-order valence-electron chi connectivity index (χ0n) is 12.8. The van der Waals surface area contributed by atoms with Crippen molar-refractivity contribution in [1.29, 1.82) is 0 Å². The standard InChI is InChI=1S/C15H26N2O4/c1-2-6-15(13(19)20)7-3-8-17(15)14(21)16-9-4-12(11-18)5-10-16/h12,18H,2-11H2,1H3,(H,19,20). The molecule has 2 rings (SSSR count). The lowest BCUT2D eigenvalue weighted by molar-refractivity contribution is -0.149. The Labute approximate surface area is 125 Å². The van der Waals surface area contributed by atoms with Crippen LogP contribution in [0.4, 0.5) is 4.79 Å². The fourth-order valence-electron chi connectivity index (χ4n) is 3.64. The van der Waals surface area contributed by atoms with Gasteiger partial charge in [-0.15, -0.1) is 0 Å². The Balaban J connectivity index is 2.08. The van der Waals surface area contributed by atoms with Gasteiger partial charge in [0.15, 0.2) is 0 Å². The molecule has 0 saturated carbocycles. The van der Waals surface area contributed by atoms with Crippen LogP contribution in [0.1, 0.15) is 45.4 Å². The molecule has 2 N–H and O–H groups in total. The molecule has 1 unspecified atom stereocenters. The number of carboxylic acid groups (broad SMARTS) is 1. The van der Waals surface area contributed by atoms with Crippen LogP contribution in [-0.4, -0.2) is 63.8 Å². The number of hydrogen-bond donors (Lipinski definition) is 2. The molecule has 0 spiro atoms. The lowest BCUT2D eigenvalue weighted by Gasteiger charge is -2.40. The fraction of sp³-hybridized carbons (Fsp3) is 0.867. The first-order valence-corrected chi connectivity index (χ1v) is 7.96. The average molecular weight is 298 g/mol. The molecule has 2 aliphatic rings. The molecule has 120 valence electrons. The lowest BCUT2D eigenvalue weighted by Crippen LogP contribution is -2.57. The Morgan fingerprint density at radius 1 is 1.24 bits per heavy atom. The number of aliphatic carboxylic acids is 1. The van der Waals surface area contributed by atoms with Gasteiger partial charge >= 0.3 is 12.0 Å². The number of carbonyl (C=O) groups excluding carboxylic acids is 1. The quantitative estimate of drug-likeness (QED) is 0.824. The van der Waals surface area contributed by atoms with E-state index in [1.807, 2.05) is 6.92 Å². The average Bonchev–Trinajstić information content (AvgIpc) is 2.92. The number of piperidine rings is 1. The van der Waals surface area contributed by atoms with Crippen LogP contribution in [0, 0.1) is 5.92 Å². The van der Waals surface area contributed by atoms with Crippen molar-refractivity contribution >= 4 is 12.0 Å². The summed E-state index contributed by atoms with van der Waals surface area (Å²) >= 11 is 0. The Kier molecular flexibility index (Phi) is 5.08. The van der Waals surface area contributed by atoms with Crippen molar-refractivity contribution in [1.82, 2.24) is 9.80 Å². The first-order valence-electron chi connectivity index (χ1n) is 7.96. The summed E-state index contributed by atoms with van der Waals surface area (Å²) in [4.78, 5) is 27.8. The highest BCUT2D eigenvalue weighted by Gasteiger charge is 2.50. The van der Waals surface area contributed by atoms with Crippen LogP contribution in [0.25, 0.3) is 0 Å². The second kappa shape index (κ2) is 6.64. The molecule has 2 saturated heterocycles. The van der Waals surface area contributed by atoms with Gasteiger partial charge in [0.25, 0.3) is 0 Å². The molecule has 2 fully saturated rings. The van der Waals surface area contributed by atoms with E-state index in [1.54, 1.807) is 9.80 Å². The minimum Gasteiger partial charge on any atom is -0.479 e. The molecule has 0 aromatic heterocycles. The molecule has 0 aromatic carbocycles. The summed E-state index contributed by atoms with van der Waals surface area (Å²) in [6, 6.07) is -0.139. The van der Waals surface area contributed by atoms with Crippen LogP contribution in [0.5, 0.6) is 0 Å². The fourth-order valence-corrected chi connectivity index (χ4v) is 3.64. The predicted molar refractivity (Wildman–Crippen MR) is 78.0 cm³/mol. The molecule has 6 nitrogen and oxygen atoms in total. The maximum Gasteiger partial charge on any atom is 0.329 e. The summed E-state index contributed by atoms with van der Waals surface area (Å²) in [5.41, 5.74) is -1.01. The van der Waals surface area contributed by atoms with E-state index in [-0.39, 0.29) is 18.6 Å². The molecule has 2 aliphatic heterocycles. The normalized spacial score (nSPS) is 27.1. The van der Waals surface area contributed by atoms with Crippen LogP contribution in [0.2, 0.25) is 0 Å². The van der Waals surface area contributed by atoms with Gasteiger partial charge in [0, 0.05) is 26.2 Å². The maximum atomic E-state index is 12.7. The number of aliphatic hydroxyl groups is 1. The summed E-state index contributed by atoms with van der Waals surface area (Å²) in [5.74, 6) is -0.604. The number of hydrogen-bond acceptors (Lipinski definition) is 3. The lowest BCUT2D eigenvalue weighted by atomic mass is 9.90. The highest BCUT2D eigenvalue weighted by molar-refractivity contribution is 5.87. The van der Waals surface area contributed by atoms with Gasteiger partial charge in [0.05, 0.1) is 0 Å². The summed E-state index contributed by atoms with van der Waals surface area (Å²) in [6.45, 7) is 3.88. The molecule has 6 heteroatoms. The SMILES string of the molecule is CCCC1(C(=O)O)CCCN1C(=O)N1CCC(CO)CC1. The summed E-state index contributed by atoms with van der Waals surface area (Å²) in [6.07, 6.45) is 4.16. The molecule has 0 radical (unpaired) electrons. The summed E-state index contributed by atoms with van der Waals surface area (Å²) in [5, 5.41) is 18.8. The number of carboxylic acids is 1. The van der Waals surface area contributed by atoms with Gasteiger partial charge in [-0.3, -0.25) is 0 Å². The second-order valence-corrected chi connectivity index (χ2v) is 6.24. The number of likely N-dealkylation sites (tertiary alicyclic amines) is 2. The minimum absolute atomic E-state index is 0.139. The van der Waals surface area contributed by atoms with Gasteiger partial charge < -0.3 is 20.0 Å². The van der Waals surface area contributed by atoms with E-state index in [0.29, 0.717) is 32.5 Å². The number of amides is 2. The second-order valence-electron chi connectivity index (χ2n) is 6.24. The van der Waals surface area contributed by atoms with Crippen LogP contribution in [-0.2, 0) is 4.79 Å². The summed E-state index contributed by atoms with van der Waals surface area (Å²) in [7, 11) is 0. The van der Waals surface area contributed by atoms with Crippen molar-refractivity contribution < 1.29 is 19.8 Å². The van der Waals surface area contributed by atoms with E-state index in [9.17, 15) is 14.7 Å². The first-order chi connectivity index (χ1) is 10.0. The predicted octanol–water partition coefficient (Wildman–Crippen LogP) is 1.53. The molecule has 0 bridgehead atoms. The largest absolute Gasteiger partial charge is 0.479 e. The van der Waals surface area contributed by atoms with Gasteiger partial charge in [-0.1, -0.05) is 13.3 Å². The molecular weight excluding hydrogens is 272 g/mol. The van der Waals surface area contributed by atoms with Crippen LogP contribution in [0.3, 0.4) is 0 Å². The molecule has 0 aromatic rings. The van der Waals surface area contributed by atoms with Gasteiger partial charge in [-0.05, 0) is 38.0 Å². The first kappa shape index (κ1) is 16.1. The van der Waals surface area contributed by atoms with Crippen molar-refractivity contribution in [2.24, 2.45) is 5.92 Å². The zero-order chi connectivity index (χ0) is 15.5. The van der Waals surface area contributed by atoms with Crippen molar-refractivity contribution in [3.8, 4) is 0 Å². The van der Waals surface area contributed by atoms with Gasteiger partial charge in [0.2, 0.25) is 0 Å². The summed E-state index contributed by atoms with van der Waals surface area (Å²) < 4.78 is 0. The highest BCUT2D eigenvalue weighted by Crippen LogP contribution is 2.35.